The van der Waals surface area contributed by atoms with E-state index in [1.807, 2.05) is 24.9 Å². The van der Waals surface area contributed by atoms with E-state index in [1.54, 1.807) is 0 Å². The van der Waals surface area contributed by atoms with Crippen molar-refractivity contribution in [3.63, 3.8) is 0 Å². The summed E-state index contributed by atoms with van der Waals surface area (Å²) in [5.74, 6) is 0. The first-order valence-electron chi connectivity index (χ1n) is 27.2. The van der Waals surface area contributed by atoms with Gasteiger partial charge in [-0.2, -0.15) is 0 Å². The van der Waals surface area contributed by atoms with Gasteiger partial charge in [0.15, 0.2) is 0 Å². The summed E-state index contributed by atoms with van der Waals surface area (Å²) in [6.07, 6.45) is -20.0. The Morgan fingerprint density at radius 2 is 0.587 bits per heavy atom. The summed E-state index contributed by atoms with van der Waals surface area (Å²) in [5, 5.41) is 20.6. The van der Waals surface area contributed by atoms with Gasteiger partial charge in [-0.3, -0.25) is 108 Å². The van der Waals surface area contributed by atoms with Crippen LogP contribution in [0, 0.1) is 0 Å². The number of aromatic nitrogens is 10. The van der Waals surface area contributed by atoms with Crippen molar-refractivity contribution in [2.24, 2.45) is 0 Å². The van der Waals surface area contributed by atoms with E-state index in [0.717, 1.165) is 84.2 Å². The van der Waals surface area contributed by atoms with Crippen LogP contribution < -0.4 is 56.2 Å². The number of aromatic amines is 5. The Hall–Kier alpha value is -6.44. The molecule has 0 saturated carbocycles. The summed E-state index contributed by atoms with van der Waals surface area (Å²) < 4.78 is 130. The summed E-state index contributed by atoms with van der Waals surface area (Å²) in [6, 6.07) is 4.74. The molecule has 5 aliphatic heterocycles. The van der Waals surface area contributed by atoms with E-state index >= 15 is 0 Å². The third-order valence-corrected chi connectivity index (χ3v) is 18.6. The number of hydrogen-bond acceptors (Lipinski definition) is 29. The van der Waals surface area contributed by atoms with E-state index in [1.165, 1.54) is 0 Å². The highest BCUT2D eigenvalue weighted by Gasteiger charge is 2.50. The SMILES string of the molecule is O=c1ccn([C@H]2C[C@H](OP(=O)(O)OC[C@H]3O[C@@H](n4ccc(=O)[nH]c4=O)C[C@@H]3OP(=O)(O)OC[C@H]3O[C@@H](n4ccc(=O)[nH]c4=O)C[C@@H]3OP(=O)(O)OC[C@H]3O[C@@H](n4ccc(=O)[nH]c4=O)C[C@@H]3OP(=O)(O)OC[C@H]3O[C@@H](n4ccc(=O)[nH]c4=O)C[C@@H]3O)[C@@H](CO)O2)c(=O)[nH]1. The van der Waals surface area contributed by atoms with Gasteiger partial charge >= 0.3 is 59.7 Å². The van der Waals surface area contributed by atoms with Crippen molar-refractivity contribution in [1.29, 1.82) is 0 Å². The van der Waals surface area contributed by atoms with Crippen LogP contribution in [0.4, 0.5) is 0 Å². The molecule has 10 heterocycles. The monoisotopic (exact) mass is 1390 g/mol. The van der Waals surface area contributed by atoms with Crippen molar-refractivity contribution in [3.8, 4) is 0 Å². The average molecular weight is 1390 g/mol. The van der Waals surface area contributed by atoms with Crippen molar-refractivity contribution in [1.82, 2.24) is 47.8 Å². The van der Waals surface area contributed by atoms with Gasteiger partial charge in [0.1, 0.15) is 86.1 Å². The largest absolute Gasteiger partial charge is 0.472 e. The Labute approximate surface area is 508 Å². The van der Waals surface area contributed by atoms with Crippen LogP contribution in [0.5, 0.6) is 0 Å². The molecule has 0 bridgehead atoms. The number of ether oxygens (including phenoxy) is 5. The van der Waals surface area contributed by atoms with Crippen LogP contribution in [0.15, 0.2) is 109 Å². The summed E-state index contributed by atoms with van der Waals surface area (Å²) in [5.41, 5.74) is -8.95. The fraction of sp³-hybridized carbons (Fsp3) is 0.556. The van der Waals surface area contributed by atoms with Crippen molar-refractivity contribution >= 4 is 31.3 Å². The molecule has 5 aromatic rings. The van der Waals surface area contributed by atoms with Gasteiger partial charge in [-0.25, -0.2) is 42.2 Å². The summed E-state index contributed by atoms with van der Waals surface area (Å²) >= 11 is 0. The molecule has 5 aliphatic rings. The zero-order valence-electron chi connectivity index (χ0n) is 46.7. The molecule has 43 nitrogen and oxygen atoms in total. The number of nitrogens with one attached hydrogen (secondary N) is 5. The molecule has 5 fully saturated rings. The Kier molecular flexibility index (Phi) is 20.7. The Balaban J connectivity index is 0.816. The number of rotatable bonds is 26. The van der Waals surface area contributed by atoms with Crippen LogP contribution in [-0.4, -0.2) is 172 Å². The highest BCUT2D eigenvalue weighted by Crippen LogP contribution is 2.55. The van der Waals surface area contributed by atoms with Crippen LogP contribution in [-0.2, 0) is 78.1 Å². The molecule has 10 rings (SSSR count). The smallest absolute Gasteiger partial charge is 0.394 e. The van der Waals surface area contributed by atoms with Crippen molar-refractivity contribution < 1.29 is 108 Å². The van der Waals surface area contributed by atoms with Crippen LogP contribution in [0.3, 0.4) is 0 Å². The molecule has 47 heteroatoms. The van der Waals surface area contributed by atoms with Crippen LogP contribution >= 0.6 is 31.3 Å². The van der Waals surface area contributed by atoms with E-state index in [2.05, 4.69) is 0 Å². The Morgan fingerprint density at radius 1 is 0.370 bits per heavy atom. The average Bonchev–Trinajstić information content (AvgIpc) is 1.69. The van der Waals surface area contributed by atoms with Crippen LogP contribution in [0.25, 0.3) is 0 Å². The van der Waals surface area contributed by atoms with Crippen molar-refractivity contribution in [3.05, 3.63) is 166 Å². The first kappa shape index (κ1) is 68.4. The Morgan fingerprint density at radius 3 is 0.837 bits per heavy atom. The van der Waals surface area contributed by atoms with Gasteiger partial charge in [0.05, 0.1) is 39.1 Å². The molecule has 19 atom stereocenters. The Bertz CT molecular complexity index is 4350. The van der Waals surface area contributed by atoms with Gasteiger partial charge in [-0.05, 0) is 0 Å². The molecule has 0 radical (unpaired) electrons. The van der Waals surface area contributed by atoms with Gasteiger partial charge in [0.25, 0.3) is 27.8 Å². The maximum atomic E-state index is 13.9. The summed E-state index contributed by atoms with van der Waals surface area (Å²) in [4.78, 5) is 177. The number of aliphatic hydroxyl groups is 2. The normalized spacial score (nSPS) is 30.8. The lowest BCUT2D eigenvalue weighted by molar-refractivity contribution is -0.0651. The van der Waals surface area contributed by atoms with Gasteiger partial charge in [-0.1, -0.05) is 0 Å². The lowest BCUT2D eigenvalue weighted by Crippen LogP contribution is -2.32. The van der Waals surface area contributed by atoms with Gasteiger partial charge in [0.2, 0.25) is 0 Å². The third kappa shape index (κ3) is 16.7. The molecule has 0 amide bonds. The maximum absolute atomic E-state index is 13.9. The number of phosphoric acid groups is 4. The van der Waals surface area contributed by atoms with E-state index in [-0.39, 0.29) is 12.8 Å². The second kappa shape index (κ2) is 27.9. The van der Waals surface area contributed by atoms with E-state index in [4.69, 9.17) is 59.9 Å². The van der Waals surface area contributed by atoms with Crippen molar-refractivity contribution in [2.75, 3.05) is 33.0 Å². The standard InChI is InChI=1S/C45H56N10O33P4/c56-16-26-22(12-37(80-26)52-7-2-32(59)47-42(52)64)85-90(70,71)77-18-28-24(14-39(82-28)54-9-4-34(61)49-44(54)66)87-92(74,75)79-20-30-25(15-40(84-30)55-10-5-35(62)50-45(55)67)88-91(72,73)78-19-29-23(13-38(83-29)53-8-3-33(60)48-43(53)65)86-89(68,69)76-17-27-21(57)11-36(81-27)51-6-1-31(58)46-41(51)63/h1-10,21-30,36-40,56-57H,11-20H2,(H,68,69)(H,70,71)(H,72,73)(H,74,75)(H,46,58,63)(H,47,59,64)(H,48,60,65)(H,49,61,66)(H,50,62,67)/t21-,22-,23-,24-,25-,26+,27+,28+,29+,30+,36+,37+,38+,39+,40+/m0/s1. The predicted molar refractivity (Wildman–Crippen MR) is 295 cm³/mol. The predicted octanol–water partition coefficient (Wildman–Crippen LogP) is -4.46. The molecule has 0 aromatic carbocycles. The maximum Gasteiger partial charge on any atom is 0.472 e. The summed E-state index contributed by atoms with van der Waals surface area (Å²) in [7, 11) is -21.7. The van der Waals surface area contributed by atoms with Gasteiger partial charge in [-0.15, -0.1) is 0 Å². The van der Waals surface area contributed by atoms with E-state index in [9.17, 15) is 96.0 Å². The topological polar surface area (TPSA) is 584 Å². The highest BCUT2D eigenvalue weighted by molar-refractivity contribution is 7.48. The number of phosphoric ester groups is 4. The van der Waals surface area contributed by atoms with E-state index < -0.39 is 232 Å². The molecule has 5 aromatic heterocycles. The van der Waals surface area contributed by atoms with Gasteiger partial charge < -0.3 is 53.5 Å². The second-order valence-corrected chi connectivity index (χ2v) is 26.4. The molecule has 5 saturated heterocycles. The summed E-state index contributed by atoms with van der Waals surface area (Å²) in [6.45, 7) is -4.92. The van der Waals surface area contributed by atoms with Crippen molar-refractivity contribution in [2.45, 2.75) is 124 Å². The number of H-pyrrole nitrogens is 5. The number of nitrogens with zero attached hydrogens (tertiary/aromatic N) is 5. The minimum Gasteiger partial charge on any atom is -0.394 e. The molecule has 504 valence electrons. The highest BCUT2D eigenvalue weighted by atomic mass is 31.2. The number of hydrogen-bond donors (Lipinski definition) is 11. The first-order chi connectivity index (χ1) is 43.4. The van der Waals surface area contributed by atoms with Crippen LogP contribution in [0.1, 0.15) is 63.2 Å². The second-order valence-electron chi connectivity index (χ2n) is 20.8. The van der Waals surface area contributed by atoms with Gasteiger partial charge in [0, 0.05) is 93.4 Å². The molecular formula is C45H56N10O33P4. The zero-order chi connectivity index (χ0) is 66.2. The quantitative estimate of drug-likeness (QED) is 0.0233. The molecule has 11 N–H and O–H groups in total. The fourth-order valence-corrected chi connectivity index (χ4v) is 14.2. The lowest BCUT2D eigenvalue weighted by atomic mass is 10.2. The zero-order valence-corrected chi connectivity index (χ0v) is 50.3. The lowest BCUT2D eigenvalue weighted by Gasteiger charge is -2.25. The molecule has 0 aliphatic carbocycles. The molecule has 0 spiro atoms. The molecule has 4 unspecified atom stereocenters. The fourth-order valence-electron chi connectivity index (χ4n) is 10.3. The first-order valence-corrected chi connectivity index (χ1v) is 33.1. The third-order valence-electron chi connectivity index (χ3n) is 14.6. The number of aliphatic hydroxyl groups excluding tert-OH is 2. The van der Waals surface area contributed by atoms with E-state index in [0.29, 0.717) is 0 Å². The minimum absolute atomic E-state index is 0.238. The minimum atomic E-state index is -5.55. The molecule has 92 heavy (non-hydrogen) atoms. The molecular weight excluding hydrogens is 1330 g/mol. The van der Waals surface area contributed by atoms with Crippen LogP contribution in [0.2, 0.25) is 0 Å².